The number of thioether (sulfide) groups is 1. The van der Waals surface area contributed by atoms with Crippen molar-refractivity contribution in [2.45, 2.75) is 24.0 Å². The van der Waals surface area contributed by atoms with Crippen LogP contribution in [0.25, 0.3) is 0 Å². The van der Waals surface area contributed by atoms with Crippen molar-refractivity contribution in [3.8, 4) is 17.6 Å². The second-order valence-corrected chi connectivity index (χ2v) is 5.43. The Labute approximate surface area is 106 Å². The Hall–Kier alpha value is -1.34. The molecular weight excluding hydrogens is 234 g/mol. The minimum atomic E-state index is -0.0300. The number of hydrogen-bond acceptors (Lipinski definition) is 4. The van der Waals surface area contributed by atoms with Gasteiger partial charge >= 0.3 is 0 Å². The molecule has 17 heavy (non-hydrogen) atoms. The van der Waals surface area contributed by atoms with Gasteiger partial charge in [-0.25, -0.2) is 0 Å². The molecule has 0 fully saturated rings. The van der Waals surface area contributed by atoms with E-state index in [1.807, 2.05) is 18.2 Å². The van der Waals surface area contributed by atoms with E-state index in [1.54, 1.807) is 11.8 Å². The molecule has 0 aliphatic carbocycles. The van der Waals surface area contributed by atoms with Crippen molar-refractivity contribution >= 4 is 11.8 Å². The van der Waals surface area contributed by atoms with Crippen LogP contribution in [-0.2, 0) is 0 Å². The second-order valence-electron chi connectivity index (χ2n) is 4.22. The van der Waals surface area contributed by atoms with Crippen LogP contribution < -0.4 is 9.47 Å². The molecule has 90 valence electrons. The van der Waals surface area contributed by atoms with Crippen LogP contribution in [0.15, 0.2) is 23.1 Å². The molecule has 1 aliphatic rings. The molecule has 4 heteroatoms. The van der Waals surface area contributed by atoms with Gasteiger partial charge in [-0.1, -0.05) is 13.8 Å². The maximum Gasteiger partial charge on any atom is 0.162 e. The summed E-state index contributed by atoms with van der Waals surface area (Å²) in [5, 5.41) is 9.04. The van der Waals surface area contributed by atoms with Crippen LogP contribution >= 0.6 is 11.8 Å². The third-order valence-corrected chi connectivity index (χ3v) is 3.94. The fourth-order valence-corrected chi connectivity index (χ4v) is 2.49. The summed E-state index contributed by atoms with van der Waals surface area (Å²) >= 11 is 1.57. The van der Waals surface area contributed by atoms with Gasteiger partial charge in [0.25, 0.3) is 0 Å². The highest BCUT2D eigenvalue weighted by molar-refractivity contribution is 8.00. The van der Waals surface area contributed by atoms with Gasteiger partial charge in [-0.15, -0.1) is 11.8 Å². The van der Waals surface area contributed by atoms with Crippen molar-refractivity contribution in [3.63, 3.8) is 0 Å². The molecule has 1 aliphatic heterocycles. The van der Waals surface area contributed by atoms with E-state index in [9.17, 15) is 0 Å². The smallest absolute Gasteiger partial charge is 0.162 e. The highest BCUT2D eigenvalue weighted by Crippen LogP contribution is 2.36. The van der Waals surface area contributed by atoms with Gasteiger partial charge in [0, 0.05) is 4.90 Å². The van der Waals surface area contributed by atoms with E-state index < -0.39 is 0 Å². The van der Waals surface area contributed by atoms with E-state index in [0.29, 0.717) is 19.1 Å². The van der Waals surface area contributed by atoms with Gasteiger partial charge < -0.3 is 9.47 Å². The number of hydrogen-bond donors (Lipinski definition) is 0. The van der Waals surface area contributed by atoms with Crippen LogP contribution in [0.5, 0.6) is 11.5 Å². The Morgan fingerprint density at radius 1 is 1.24 bits per heavy atom. The number of ether oxygens (including phenoxy) is 2. The number of nitrogens with zero attached hydrogens (tertiary/aromatic N) is 1. The summed E-state index contributed by atoms with van der Waals surface area (Å²) in [6.45, 7) is 5.30. The minimum absolute atomic E-state index is 0.0300. The molecule has 2 rings (SSSR count). The molecule has 0 radical (unpaired) electrons. The lowest BCUT2D eigenvalue weighted by Crippen LogP contribution is -2.15. The number of fused-ring (bicyclic) bond motifs is 1. The van der Waals surface area contributed by atoms with E-state index in [2.05, 4.69) is 19.9 Å². The van der Waals surface area contributed by atoms with Crippen molar-refractivity contribution in [2.75, 3.05) is 13.2 Å². The SMILES string of the molecule is CC(C)C(C#N)Sc1ccc2c(c1)OCCO2. The predicted octanol–water partition coefficient (Wildman–Crippen LogP) is 3.10. The van der Waals surface area contributed by atoms with E-state index in [0.717, 1.165) is 16.4 Å². The van der Waals surface area contributed by atoms with Crippen LogP contribution in [0.3, 0.4) is 0 Å². The average molecular weight is 249 g/mol. The maximum absolute atomic E-state index is 9.07. The van der Waals surface area contributed by atoms with Gasteiger partial charge in [0.05, 0.1) is 11.3 Å². The third-order valence-electron chi connectivity index (χ3n) is 2.51. The molecule has 1 heterocycles. The van der Waals surface area contributed by atoms with Crippen molar-refractivity contribution in [1.29, 1.82) is 5.26 Å². The molecule has 1 aromatic rings. The highest BCUT2D eigenvalue weighted by atomic mass is 32.2. The normalized spacial score (nSPS) is 15.4. The predicted molar refractivity (Wildman–Crippen MR) is 67.5 cm³/mol. The van der Waals surface area contributed by atoms with E-state index >= 15 is 0 Å². The van der Waals surface area contributed by atoms with Crippen molar-refractivity contribution < 1.29 is 9.47 Å². The molecule has 0 N–H and O–H groups in total. The molecule has 0 saturated heterocycles. The summed E-state index contributed by atoms with van der Waals surface area (Å²) in [7, 11) is 0. The topological polar surface area (TPSA) is 42.2 Å². The van der Waals surface area contributed by atoms with Crippen molar-refractivity contribution in [1.82, 2.24) is 0 Å². The van der Waals surface area contributed by atoms with Gasteiger partial charge in [0.1, 0.15) is 13.2 Å². The molecule has 0 spiro atoms. The Morgan fingerprint density at radius 2 is 1.94 bits per heavy atom. The largest absolute Gasteiger partial charge is 0.486 e. The Morgan fingerprint density at radius 3 is 2.59 bits per heavy atom. The highest BCUT2D eigenvalue weighted by Gasteiger charge is 2.17. The van der Waals surface area contributed by atoms with Crippen molar-refractivity contribution in [3.05, 3.63) is 18.2 Å². The summed E-state index contributed by atoms with van der Waals surface area (Å²) in [6, 6.07) is 8.16. The number of rotatable bonds is 3. The van der Waals surface area contributed by atoms with Gasteiger partial charge in [0.2, 0.25) is 0 Å². The molecule has 1 atom stereocenters. The fraction of sp³-hybridized carbons (Fsp3) is 0.462. The number of benzene rings is 1. The summed E-state index contributed by atoms with van der Waals surface area (Å²) in [4.78, 5) is 1.05. The lowest BCUT2D eigenvalue weighted by Gasteiger charge is -2.19. The summed E-state index contributed by atoms with van der Waals surface area (Å²) in [6.07, 6.45) is 0. The molecule has 0 aromatic heterocycles. The van der Waals surface area contributed by atoms with Gasteiger partial charge in [-0.05, 0) is 24.1 Å². The molecule has 0 saturated carbocycles. The fourth-order valence-electron chi connectivity index (χ4n) is 1.56. The zero-order valence-electron chi connectivity index (χ0n) is 9.97. The monoisotopic (exact) mass is 249 g/mol. The quantitative estimate of drug-likeness (QED) is 0.772. The molecule has 1 unspecified atom stereocenters. The Balaban J connectivity index is 2.14. The molecule has 3 nitrogen and oxygen atoms in total. The van der Waals surface area contributed by atoms with Crippen LogP contribution in [0.4, 0.5) is 0 Å². The van der Waals surface area contributed by atoms with Crippen LogP contribution in [-0.4, -0.2) is 18.5 Å². The van der Waals surface area contributed by atoms with Gasteiger partial charge in [-0.3, -0.25) is 0 Å². The lowest BCUT2D eigenvalue weighted by atomic mass is 10.1. The zero-order chi connectivity index (χ0) is 12.3. The Bertz CT molecular complexity index is 440. The van der Waals surface area contributed by atoms with E-state index in [-0.39, 0.29) is 5.25 Å². The van der Waals surface area contributed by atoms with Crippen molar-refractivity contribution in [2.24, 2.45) is 5.92 Å². The summed E-state index contributed by atoms with van der Waals surface area (Å²) < 4.78 is 11.0. The summed E-state index contributed by atoms with van der Waals surface area (Å²) in [5.41, 5.74) is 0. The standard InChI is InChI=1S/C13H15NO2S/c1-9(2)13(8-14)17-10-3-4-11-12(7-10)16-6-5-15-11/h3-4,7,9,13H,5-6H2,1-2H3. The summed E-state index contributed by atoms with van der Waals surface area (Å²) in [5.74, 6) is 1.90. The van der Waals surface area contributed by atoms with E-state index in [4.69, 9.17) is 14.7 Å². The molecule has 0 bridgehead atoms. The first-order valence-corrected chi connectivity index (χ1v) is 6.54. The third kappa shape index (κ3) is 2.86. The van der Waals surface area contributed by atoms with Gasteiger partial charge in [0.15, 0.2) is 11.5 Å². The average Bonchev–Trinajstić information content (AvgIpc) is 2.35. The van der Waals surface area contributed by atoms with E-state index in [1.165, 1.54) is 0 Å². The Kier molecular flexibility index (Phi) is 3.80. The first-order chi connectivity index (χ1) is 8.20. The minimum Gasteiger partial charge on any atom is -0.486 e. The lowest BCUT2D eigenvalue weighted by molar-refractivity contribution is 0.171. The second kappa shape index (κ2) is 5.33. The first-order valence-electron chi connectivity index (χ1n) is 5.66. The van der Waals surface area contributed by atoms with Crippen LogP contribution in [0, 0.1) is 17.2 Å². The number of nitriles is 1. The maximum atomic E-state index is 9.07. The molecule has 1 aromatic carbocycles. The zero-order valence-corrected chi connectivity index (χ0v) is 10.8. The van der Waals surface area contributed by atoms with Crippen LogP contribution in [0.1, 0.15) is 13.8 Å². The first kappa shape index (κ1) is 12.1. The molecular formula is C13H15NO2S. The van der Waals surface area contributed by atoms with Gasteiger partial charge in [-0.2, -0.15) is 5.26 Å². The molecule has 0 amide bonds. The van der Waals surface area contributed by atoms with Crippen LogP contribution in [0.2, 0.25) is 0 Å².